The van der Waals surface area contributed by atoms with Gasteiger partial charge in [-0.1, -0.05) is 31.5 Å². The molecule has 1 heterocycles. The minimum Gasteiger partial charge on any atom is -0.323 e. The molecule has 1 saturated heterocycles. The molecule has 0 unspecified atom stereocenters. The van der Waals surface area contributed by atoms with Crippen molar-refractivity contribution < 1.29 is 14.4 Å². The Hall–Kier alpha value is -2.08. The lowest BCUT2D eigenvalue weighted by Crippen LogP contribution is -2.44. The van der Waals surface area contributed by atoms with Gasteiger partial charge in [0, 0.05) is 0 Å². The number of urea groups is 1. The van der Waals surface area contributed by atoms with Crippen molar-refractivity contribution in [1.82, 2.24) is 10.2 Å². The van der Waals surface area contributed by atoms with Crippen molar-refractivity contribution in [2.45, 2.75) is 46.1 Å². The fourth-order valence-electron chi connectivity index (χ4n) is 2.69. The van der Waals surface area contributed by atoms with Crippen molar-refractivity contribution >= 4 is 35.1 Å². The molecule has 6 nitrogen and oxygen atoms in total. The summed E-state index contributed by atoms with van der Waals surface area (Å²) in [5, 5.41) is 5.75. The highest BCUT2D eigenvalue weighted by molar-refractivity contribution is 6.33. The van der Waals surface area contributed by atoms with Crippen LogP contribution < -0.4 is 10.6 Å². The first kappa shape index (κ1) is 19.2. The molecule has 7 heteroatoms. The Bertz CT molecular complexity index is 705. The fourth-order valence-corrected chi connectivity index (χ4v) is 2.97. The molecule has 1 aliphatic rings. The number of nitrogens with zero attached hydrogens (tertiary/aromatic N) is 1. The van der Waals surface area contributed by atoms with Crippen LogP contribution in [-0.2, 0) is 9.59 Å². The Morgan fingerprint density at radius 2 is 2.04 bits per heavy atom. The van der Waals surface area contributed by atoms with Crippen molar-refractivity contribution in [2.75, 3.05) is 11.9 Å². The number of carbonyl (C=O) groups is 3. The zero-order valence-corrected chi connectivity index (χ0v) is 15.7. The van der Waals surface area contributed by atoms with Gasteiger partial charge < -0.3 is 10.6 Å². The van der Waals surface area contributed by atoms with Crippen LogP contribution in [0.2, 0.25) is 5.02 Å². The Kier molecular flexibility index (Phi) is 5.72. The van der Waals surface area contributed by atoms with Gasteiger partial charge in [0.25, 0.3) is 5.91 Å². The topological polar surface area (TPSA) is 78.5 Å². The Morgan fingerprint density at radius 1 is 1.36 bits per heavy atom. The summed E-state index contributed by atoms with van der Waals surface area (Å²) in [7, 11) is 0. The van der Waals surface area contributed by atoms with Gasteiger partial charge in [0.05, 0.1) is 10.7 Å². The molecule has 0 aromatic heterocycles. The lowest BCUT2D eigenvalue weighted by atomic mass is 9.92. The van der Waals surface area contributed by atoms with Crippen LogP contribution in [0.5, 0.6) is 0 Å². The van der Waals surface area contributed by atoms with Gasteiger partial charge in [-0.3, -0.25) is 14.5 Å². The number of amides is 4. The summed E-state index contributed by atoms with van der Waals surface area (Å²) in [6.07, 6.45) is 1.35. The summed E-state index contributed by atoms with van der Waals surface area (Å²) in [4.78, 5) is 37.9. The van der Waals surface area contributed by atoms with E-state index in [1.54, 1.807) is 19.1 Å². The van der Waals surface area contributed by atoms with Gasteiger partial charge in [-0.15, -0.1) is 0 Å². The van der Waals surface area contributed by atoms with Crippen LogP contribution in [0.4, 0.5) is 10.5 Å². The number of aryl methyl sites for hydroxylation is 1. The molecule has 0 saturated carbocycles. The summed E-state index contributed by atoms with van der Waals surface area (Å²) in [5.74, 6) is -0.423. The molecule has 25 heavy (non-hydrogen) atoms. The highest BCUT2D eigenvalue weighted by atomic mass is 35.5. The van der Waals surface area contributed by atoms with Gasteiger partial charge in [0.1, 0.15) is 12.1 Å². The third-order valence-corrected chi connectivity index (χ3v) is 4.58. The summed E-state index contributed by atoms with van der Waals surface area (Å²) >= 11 is 6.09. The Balaban J connectivity index is 2.03. The lowest BCUT2D eigenvalue weighted by Gasteiger charge is -2.22. The molecule has 2 N–H and O–H groups in total. The summed E-state index contributed by atoms with van der Waals surface area (Å²) in [6.45, 7) is 7.36. The monoisotopic (exact) mass is 365 g/mol. The number of anilines is 1. The summed E-state index contributed by atoms with van der Waals surface area (Å²) < 4.78 is 0. The first-order chi connectivity index (χ1) is 11.6. The fraction of sp³-hybridized carbons (Fsp3) is 0.500. The van der Waals surface area contributed by atoms with E-state index in [-0.39, 0.29) is 12.5 Å². The van der Waals surface area contributed by atoms with E-state index in [1.807, 2.05) is 13.0 Å². The van der Waals surface area contributed by atoms with Gasteiger partial charge in [0.15, 0.2) is 0 Å². The second-order valence-electron chi connectivity index (χ2n) is 7.12. The van der Waals surface area contributed by atoms with Crippen LogP contribution in [0, 0.1) is 12.8 Å². The van der Waals surface area contributed by atoms with E-state index >= 15 is 0 Å². The normalized spacial score (nSPS) is 20.2. The second kappa shape index (κ2) is 7.44. The maximum absolute atomic E-state index is 12.6. The maximum atomic E-state index is 12.6. The molecule has 0 radical (unpaired) electrons. The van der Waals surface area contributed by atoms with Crippen molar-refractivity contribution in [3.63, 3.8) is 0 Å². The molecule has 0 aliphatic carbocycles. The Labute approximate surface area is 152 Å². The Morgan fingerprint density at radius 3 is 2.64 bits per heavy atom. The first-order valence-electron chi connectivity index (χ1n) is 8.32. The number of halogens is 1. The molecule has 4 amide bonds. The van der Waals surface area contributed by atoms with Gasteiger partial charge in [-0.25, -0.2) is 4.79 Å². The highest BCUT2D eigenvalue weighted by Gasteiger charge is 2.47. The van der Waals surface area contributed by atoms with Crippen LogP contribution in [0.15, 0.2) is 18.2 Å². The van der Waals surface area contributed by atoms with Crippen molar-refractivity contribution in [3.05, 3.63) is 28.8 Å². The molecular formula is C18H24ClN3O3. The summed E-state index contributed by atoms with van der Waals surface area (Å²) in [5.41, 5.74) is 0.466. The molecule has 1 atom stereocenters. The zero-order chi connectivity index (χ0) is 18.8. The van der Waals surface area contributed by atoms with Crippen LogP contribution in [0.25, 0.3) is 0 Å². The molecule has 1 fully saturated rings. The molecule has 2 rings (SSSR count). The van der Waals surface area contributed by atoms with Crippen LogP contribution >= 0.6 is 11.6 Å². The average Bonchev–Trinajstić information content (AvgIpc) is 2.72. The van der Waals surface area contributed by atoms with Gasteiger partial charge in [-0.05, 0) is 50.3 Å². The number of rotatable bonds is 6. The number of carbonyl (C=O) groups excluding carboxylic acids is 3. The van der Waals surface area contributed by atoms with E-state index in [0.717, 1.165) is 16.9 Å². The molecule has 0 spiro atoms. The molecule has 0 bridgehead atoms. The number of benzene rings is 1. The predicted molar refractivity (Wildman–Crippen MR) is 97.5 cm³/mol. The molecule has 1 aliphatic heterocycles. The smallest absolute Gasteiger partial charge is 0.323 e. The maximum Gasteiger partial charge on any atom is 0.325 e. The molecule has 1 aromatic rings. The van der Waals surface area contributed by atoms with Crippen molar-refractivity contribution in [2.24, 2.45) is 5.92 Å². The van der Waals surface area contributed by atoms with Crippen LogP contribution in [0.1, 0.15) is 39.2 Å². The third kappa shape index (κ3) is 4.51. The van der Waals surface area contributed by atoms with Crippen LogP contribution in [-0.4, -0.2) is 34.8 Å². The van der Waals surface area contributed by atoms with Crippen LogP contribution in [0.3, 0.4) is 0 Å². The number of nitrogens with one attached hydrogen (secondary N) is 2. The standard InChI is InChI=1S/C18H24ClN3O3/c1-11(2)7-8-18(4)16(24)22(17(25)21-18)10-15(23)20-14-6-5-12(3)9-13(14)19/h5-6,9,11H,7-8,10H2,1-4H3,(H,20,23)(H,21,25)/t18-/m0/s1. The molecular weight excluding hydrogens is 342 g/mol. The SMILES string of the molecule is Cc1ccc(NC(=O)CN2C(=O)N[C@@](C)(CCC(C)C)C2=O)c(Cl)c1. The number of imide groups is 1. The van der Waals surface area contributed by atoms with E-state index in [0.29, 0.717) is 23.0 Å². The van der Waals surface area contributed by atoms with Gasteiger partial charge in [-0.2, -0.15) is 0 Å². The van der Waals surface area contributed by atoms with E-state index in [9.17, 15) is 14.4 Å². The lowest BCUT2D eigenvalue weighted by molar-refractivity contribution is -0.133. The number of hydrogen-bond donors (Lipinski definition) is 2. The van der Waals surface area contributed by atoms with E-state index in [4.69, 9.17) is 11.6 Å². The van der Waals surface area contributed by atoms with E-state index in [2.05, 4.69) is 24.5 Å². The minimum absolute atomic E-state index is 0.341. The quantitative estimate of drug-likeness (QED) is 0.759. The van der Waals surface area contributed by atoms with E-state index < -0.39 is 17.5 Å². The largest absolute Gasteiger partial charge is 0.325 e. The highest BCUT2D eigenvalue weighted by Crippen LogP contribution is 2.25. The van der Waals surface area contributed by atoms with Gasteiger partial charge in [0.2, 0.25) is 5.91 Å². The zero-order valence-electron chi connectivity index (χ0n) is 15.0. The predicted octanol–water partition coefficient (Wildman–Crippen LogP) is 3.33. The van der Waals surface area contributed by atoms with Gasteiger partial charge >= 0.3 is 6.03 Å². The van der Waals surface area contributed by atoms with Crippen molar-refractivity contribution in [3.8, 4) is 0 Å². The van der Waals surface area contributed by atoms with E-state index in [1.165, 1.54) is 0 Å². The molecule has 136 valence electrons. The van der Waals surface area contributed by atoms with Crippen molar-refractivity contribution in [1.29, 1.82) is 0 Å². The molecule has 1 aromatic carbocycles. The number of hydrogen-bond acceptors (Lipinski definition) is 3. The third-order valence-electron chi connectivity index (χ3n) is 4.27. The average molecular weight is 366 g/mol. The minimum atomic E-state index is -0.955. The first-order valence-corrected chi connectivity index (χ1v) is 8.70. The summed E-state index contributed by atoms with van der Waals surface area (Å²) in [6, 6.07) is 4.70. The second-order valence-corrected chi connectivity index (χ2v) is 7.52.